The summed E-state index contributed by atoms with van der Waals surface area (Å²) in [6, 6.07) is 12.4. The van der Waals surface area contributed by atoms with Gasteiger partial charge in [-0.3, -0.25) is 0 Å². The minimum absolute atomic E-state index is 0.365. The molecule has 0 aliphatic carbocycles. The summed E-state index contributed by atoms with van der Waals surface area (Å²) < 4.78 is 5.35. The molecule has 0 fully saturated rings. The van der Waals surface area contributed by atoms with Crippen LogP contribution in [-0.2, 0) is 6.42 Å². The van der Waals surface area contributed by atoms with Gasteiger partial charge in [0.25, 0.3) is 0 Å². The van der Waals surface area contributed by atoms with Crippen LogP contribution in [0.25, 0.3) is 0 Å². The van der Waals surface area contributed by atoms with Crippen LogP contribution in [0.2, 0.25) is 0 Å². The van der Waals surface area contributed by atoms with Crippen LogP contribution in [0, 0.1) is 0 Å². The lowest BCUT2D eigenvalue weighted by Gasteiger charge is -2.11. The van der Waals surface area contributed by atoms with Crippen molar-refractivity contribution in [2.24, 2.45) is 0 Å². The molecule has 1 aromatic carbocycles. The third-order valence-corrected chi connectivity index (χ3v) is 4.55. The summed E-state index contributed by atoms with van der Waals surface area (Å²) >= 11 is 5.50. The fourth-order valence-corrected chi connectivity index (χ4v) is 3.16. The van der Waals surface area contributed by atoms with Crippen molar-refractivity contribution in [1.29, 1.82) is 0 Å². The molecule has 0 N–H and O–H groups in total. The van der Waals surface area contributed by atoms with E-state index in [4.69, 9.17) is 4.74 Å². The Labute approximate surface area is 108 Å². The predicted octanol–water partition coefficient (Wildman–Crippen LogP) is 4.44. The van der Waals surface area contributed by atoms with Gasteiger partial charge >= 0.3 is 0 Å². The number of hydrogen-bond donors (Lipinski definition) is 0. The Morgan fingerprint density at radius 2 is 2.06 bits per heavy atom. The number of benzene rings is 1. The van der Waals surface area contributed by atoms with Crippen LogP contribution in [0.5, 0.6) is 5.75 Å². The fraction of sp³-hybridized carbons (Fsp3) is 0.231. The summed E-state index contributed by atoms with van der Waals surface area (Å²) in [5.74, 6) is 0.962. The summed E-state index contributed by atoms with van der Waals surface area (Å²) in [5.41, 5.74) is 1.24. The number of thiophene rings is 1. The maximum absolute atomic E-state index is 5.35. The monoisotopic (exact) mass is 296 g/mol. The van der Waals surface area contributed by atoms with Crippen LogP contribution < -0.4 is 4.74 Å². The molecule has 1 aromatic heterocycles. The molecule has 0 saturated carbocycles. The molecule has 84 valence electrons. The molecule has 1 nitrogen and oxygen atoms in total. The first-order chi connectivity index (χ1) is 7.81. The molecule has 2 rings (SSSR count). The number of methoxy groups -OCH3 is 1. The van der Waals surface area contributed by atoms with Crippen LogP contribution in [0.3, 0.4) is 0 Å². The second-order valence-corrected chi connectivity index (χ2v) is 5.58. The molecule has 1 atom stereocenters. The van der Waals surface area contributed by atoms with Crippen LogP contribution >= 0.6 is 27.3 Å². The number of halogens is 1. The van der Waals surface area contributed by atoms with E-state index in [0.29, 0.717) is 4.83 Å². The average Bonchev–Trinajstić information content (AvgIpc) is 2.83. The van der Waals surface area contributed by atoms with E-state index in [1.807, 2.05) is 18.2 Å². The number of ether oxygens (including phenoxy) is 1. The number of hydrogen-bond acceptors (Lipinski definition) is 2. The van der Waals surface area contributed by atoms with Gasteiger partial charge in [-0.15, -0.1) is 11.3 Å². The van der Waals surface area contributed by atoms with E-state index in [-0.39, 0.29) is 0 Å². The molecule has 0 radical (unpaired) electrons. The van der Waals surface area contributed by atoms with Crippen molar-refractivity contribution in [1.82, 2.24) is 0 Å². The molecule has 1 unspecified atom stereocenters. The molecule has 0 saturated heterocycles. The highest BCUT2D eigenvalue weighted by Gasteiger charge is 2.11. The second kappa shape index (κ2) is 5.51. The van der Waals surface area contributed by atoms with Gasteiger partial charge in [-0.2, -0.15) is 0 Å². The smallest absolute Gasteiger partial charge is 0.122 e. The predicted molar refractivity (Wildman–Crippen MR) is 72.7 cm³/mol. The number of rotatable bonds is 4. The van der Waals surface area contributed by atoms with Crippen molar-refractivity contribution >= 4 is 27.3 Å². The lowest BCUT2D eigenvalue weighted by molar-refractivity contribution is 0.409. The zero-order valence-electron chi connectivity index (χ0n) is 9.02. The van der Waals surface area contributed by atoms with Gasteiger partial charge in [-0.1, -0.05) is 40.2 Å². The average molecular weight is 297 g/mol. The molecule has 3 heteroatoms. The minimum atomic E-state index is 0.365. The number of alkyl halides is 1. The number of para-hydroxylation sites is 1. The van der Waals surface area contributed by atoms with E-state index in [9.17, 15) is 0 Å². The zero-order valence-corrected chi connectivity index (χ0v) is 11.4. The van der Waals surface area contributed by atoms with Crippen molar-refractivity contribution in [3.05, 3.63) is 52.2 Å². The standard InChI is InChI=1S/C13H13BrOS/c1-15-12-6-3-2-5-10(12)9-11(14)13-7-4-8-16-13/h2-8,11H,9H2,1H3. The maximum atomic E-state index is 5.35. The first-order valence-corrected chi connectivity index (χ1v) is 6.90. The largest absolute Gasteiger partial charge is 0.496 e. The van der Waals surface area contributed by atoms with Gasteiger partial charge in [0.15, 0.2) is 0 Å². The van der Waals surface area contributed by atoms with Crippen molar-refractivity contribution in [2.75, 3.05) is 7.11 Å². The van der Waals surface area contributed by atoms with E-state index in [2.05, 4.69) is 39.5 Å². The van der Waals surface area contributed by atoms with Gasteiger partial charge in [-0.05, 0) is 29.5 Å². The first kappa shape index (κ1) is 11.7. The molecule has 1 heterocycles. The Morgan fingerprint density at radius 1 is 1.25 bits per heavy atom. The van der Waals surface area contributed by atoms with Crippen LogP contribution in [0.1, 0.15) is 15.3 Å². The lowest BCUT2D eigenvalue weighted by atomic mass is 10.1. The summed E-state index contributed by atoms with van der Waals surface area (Å²) in [7, 11) is 1.72. The van der Waals surface area contributed by atoms with Crippen molar-refractivity contribution in [2.45, 2.75) is 11.2 Å². The Morgan fingerprint density at radius 3 is 2.75 bits per heavy atom. The van der Waals surface area contributed by atoms with Crippen LogP contribution in [0.4, 0.5) is 0 Å². The molecule has 0 amide bonds. The third kappa shape index (κ3) is 2.66. The van der Waals surface area contributed by atoms with Gasteiger partial charge in [0.05, 0.1) is 11.9 Å². The summed E-state index contributed by atoms with van der Waals surface area (Å²) in [5, 5.41) is 2.10. The Hall–Kier alpha value is -0.800. The summed E-state index contributed by atoms with van der Waals surface area (Å²) in [6.07, 6.45) is 0.949. The SMILES string of the molecule is COc1ccccc1CC(Br)c1cccs1. The third-order valence-electron chi connectivity index (χ3n) is 2.44. The Bertz CT molecular complexity index is 439. The minimum Gasteiger partial charge on any atom is -0.496 e. The maximum Gasteiger partial charge on any atom is 0.122 e. The fourth-order valence-electron chi connectivity index (χ4n) is 1.63. The Balaban J connectivity index is 2.14. The van der Waals surface area contributed by atoms with Gasteiger partial charge in [-0.25, -0.2) is 0 Å². The second-order valence-electron chi connectivity index (χ2n) is 3.50. The van der Waals surface area contributed by atoms with Gasteiger partial charge < -0.3 is 4.74 Å². The highest BCUT2D eigenvalue weighted by Crippen LogP contribution is 2.32. The normalized spacial score (nSPS) is 12.4. The molecule has 0 aliphatic rings. The van der Waals surface area contributed by atoms with Gasteiger partial charge in [0.1, 0.15) is 5.75 Å². The molecule has 0 spiro atoms. The molecular formula is C13H13BrOS. The quantitative estimate of drug-likeness (QED) is 0.758. The van der Waals surface area contributed by atoms with E-state index in [0.717, 1.165) is 12.2 Å². The summed E-state index contributed by atoms with van der Waals surface area (Å²) in [6.45, 7) is 0. The first-order valence-electron chi connectivity index (χ1n) is 5.10. The molecule has 0 bridgehead atoms. The van der Waals surface area contributed by atoms with Gasteiger partial charge in [0.2, 0.25) is 0 Å². The van der Waals surface area contributed by atoms with E-state index < -0.39 is 0 Å². The highest BCUT2D eigenvalue weighted by atomic mass is 79.9. The van der Waals surface area contributed by atoms with Gasteiger partial charge in [0, 0.05) is 4.88 Å². The van der Waals surface area contributed by atoms with Crippen LogP contribution in [0.15, 0.2) is 41.8 Å². The van der Waals surface area contributed by atoms with E-state index >= 15 is 0 Å². The molecule has 0 aliphatic heterocycles. The van der Waals surface area contributed by atoms with Crippen molar-refractivity contribution in [3.63, 3.8) is 0 Å². The van der Waals surface area contributed by atoms with E-state index in [1.165, 1.54) is 10.4 Å². The Kier molecular flexibility index (Phi) is 4.02. The summed E-state index contributed by atoms with van der Waals surface area (Å²) in [4.78, 5) is 1.72. The van der Waals surface area contributed by atoms with Crippen molar-refractivity contribution < 1.29 is 4.74 Å². The molecule has 2 aromatic rings. The lowest BCUT2D eigenvalue weighted by Crippen LogP contribution is -1.96. The van der Waals surface area contributed by atoms with Crippen LogP contribution in [-0.4, -0.2) is 7.11 Å². The van der Waals surface area contributed by atoms with Crippen molar-refractivity contribution in [3.8, 4) is 5.75 Å². The zero-order chi connectivity index (χ0) is 11.4. The topological polar surface area (TPSA) is 9.23 Å². The van der Waals surface area contributed by atoms with E-state index in [1.54, 1.807) is 18.4 Å². The highest BCUT2D eigenvalue weighted by molar-refractivity contribution is 9.09. The molecular weight excluding hydrogens is 284 g/mol. The molecule has 16 heavy (non-hydrogen) atoms.